The van der Waals surface area contributed by atoms with Crippen molar-refractivity contribution in [1.82, 2.24) is 0 Å². The summed E-state index contributed by atoms with van der Waals surface area (Å²) in [5.41, 5.74) is 0. The Hall–Kier alpha value is -0.660. The number of carbonyl (C=O) groups is 2. The van der Waals surface area contributed by atoms with Gasteiger partial charge in [-0.3, -0.25) is 9.59 Å². The van der Waals surface area contributed by atoms with Crippen LogP contribution in [0.15, 0.2) is 0 Å². The Morgan fingerprint density at radius 1 is 1.45 bits per heavy atom. The molecule has 0 spiro atoms. The molecule has 0 bridgehead atoms. The molecule has 0 radical (unpaired) electrons. The first-order valence-corrected chi connectivity index (χ1v) is 4.23. The van der Waals surface area contributed by atoms with Crippen molar-refractivity contribution in [2.24, 2.45) is 11.8 Å². The maximum atomic E-state index is 11.2. The molecule has 1 aliphatic carbocycles. The number of hydrogen-bond acceptors (Lipinski definition) is 2. The molecule has 0 aliphatic heterocycles. The van der Waals surface area contributed by atoms with E-state index in [0.717, 1.165) is 12.8 Å². The highest BCUT2D eigenvalue weighted by atomic mass is 16.2. The van der Waals surface area contributed by atoms with Crippen LogP contribution in [0.1, 0.15) is 33.1 Å². The fourth-order valence-electron chi connectivity index (χ4n) is 1.73. The van der Waals surface area contributed by atoms with Gasteiger partial charge in [0.25, 0.3) is 0 Å². The molecule has 2 unspecified atom stereocenters. The van der Waals surface area contributed by atoms with Gasteiger partial charge in [-0.15, -0.1) is 0 Å². The van der Waals surface area contributed by atoms with Crippen molar-refractivity contribution in [1.29, 1.82) is 0 Å². The zero-order valence-electron chi connectivity index (χ0n) is 7.09. The number of hydrogen-bond donors (Lipinski definition) is 0. The Morgan fingerprint density at radius 3 is 2.45 bits per heavy atom. The van der Waals surface area contributed by atoms with Crippen LogP contribution in [0.4, 0.5) is 0 Å². The summed E-state index contributed by atoms with van der Waals surface area (Å²) in [5, 5.41) is 0. The molecule has 11 heavy (non-hydrogen) atoms. The van der Waals surface area contributed by atoms with Gasteiger partial charge in [-0.1, -0.05) is 20.3 Å². The van der Waals surface area contributed by atoms with Crippen LogP contribution >= 0.6 is 0 Å². The van der Waals surface area contributed by atoms with Crippen LogP contribution < -0.4 is 0 Å². The van der Waals surface area contributed by atoms with Gasteiger partial charge in [0.05, 0.1) is 0 Å². The molecule has 0 aromatic heterocycles. The molecular weight excluding hydrogens is 140 g/mol. The van der Waals surface area contributed by atoms with Crippen molar-refractivity contribution in [2.45, 2.75) is 33.1 Å². The Kier molecular flexibility index (Phi) is 2.42. The van der Waals surface area contributed by atoms with Crippen LogP contribution in [0, 0.1) is 11.8 Å². The molecule has 1 saturated carbocycles. The minimum atomic E-state index is -0.157. The van der Waals surface area contributed by atoms with Crippen LogP contribution in [0.2, 0.25) is 0 Å². The highest BCUT2D eigenvalue weighted by Crippen LogP contribution is 2.29. The van der Waals surface area contributed by atoms with Crippen LogP contribution in [-0.2, 0) is 9.59 Å². The van der Waals surface area contributed by atoms with Crippen LogP contribution in [0.3, 0.4) is 0 Å². The molecule has 0 aromatic rings. The lowest BCUT2D eigenvalue weighted by atomic mass is 9.93. The van der Waals surface area contributed by atoms with Crippen molar-refractivity contribution in [3.8, 4) is 0 Å². The Bertz CT molecular complexity index is 184. The summed E-state index contributed by atoms with van der Waals surface area (Å²) in [4.78, 5) is 22.1. The van der Waals surface area contributed by atoms with E-state index in [1.165, 1.54) is 0 Å². The van der Waals surface area contributed by atoms with E-state index in [4.69, 9.17) is 0 Å². The second-order valence-corrected chi connectivity index (χ2v) is 3.36. The standard InChI is InChI=1S/C9H14O2/c1-3-4-7-6(2)5-8(10)9(7)11/h6-7H,3-5H2,1-2H3. The quantitative estimate of drug-likeness (QED) is 0.566. The average molecular weight is 154 g/mol. The topological polar surface area (TPSA) is 34.1 Å². The van der Waals surface area contributed by atoms with E-state index in [1.807, 2.05) is 13.8 Å². The smallest absolute Gasteiger partial charge is 0.201 e. The summed E-state index contributed by atoms with van der Waals surface area (Å²) < 4.78 is 0. The number of rotatable bonds is 2. The molecule has 2 heteroatoms. The normalized spacial score (nSPS) is 31.5. The van der Waals surface area contributed by atoms with Crippen molar-refractivity contribution in [3.05, 3.63) is 0 Å². The average Bonchev–Trinajstić information content (AvgIpc) is 2.17. The second-order valence-electron chi connectivity index (χ2n) is 3.36. The zero-order chi connectivity index (χ0) is 8.43. The van der Waals surface area contributed by atoms with Gasteiger partial charge in [-0.2, -0.15) is 0 Å². The van der Waals surface area contributed by atoms with E-state index in [9.17, 15) is 9.59 Å². The molecule has 0 N–H and O–H groups in total. The van der Waals surface area contributed by atoms with E-state index in [0.29, 0.717) is 6.42 Å². The minimum absolute atomic E-state index is 0.0347. The summed E-state index contributed by atoms with van der Waals surface area (Å²) >= 11 is 0. The van der Waals surface area contributed by atoms with Crippen LogP contribution in [0.25, 0.3) is 0 Å². The lowest BCUT2D eigenvalue weighted by molar-refractivity contribution is -0.135. The first kappa shape index (κ1) is 8.44. The maximum absolute atomic E-state index is 11.2. The summed E-state index contributed by atoms with van der Waals surface area (Å²) in [5.74, 6) is 0.0396. The molecule has 1 rings (SSSR count). The maximum Gasteiger partial charge on any atom is 0.201 e. The molecule has 2 atom stereocenters. The SMILES string of the molecule is CCCC1C(=O)C(=O)CC1C. The molecule has 1 aliphatic rings. The third kappa shape index (κ3) is 1.50. The van der Waals surface area contributed by atoms with E-state index in [-0.39, 0.29) is 23.4 Å². The monoisotopic (exact) mass is 154 g/mol. The van der Waals surface area contributed by atoms with Crippen molar-refractivity contribution >= 4 is 11.6 Å². The number of ketones is 2. The Labute approximate surface area is 67.0 Å². The lowest BCUT2D eigenvalue weighted by Gasteiger charge is -2.09. The van der Waals surface area contributed by atoms with Gasteiger partial charge in [0.1, 0.15) is 0 Å². The molecule has 0 saturated heterocycles. The van der Waals surface area contributed by atoms with Gasteiger partial charge < -0.3 is 0 Å². The fraction of sp³-hybridized carbons (Fsp3) is 0.778. The predicted molar refractivity (Wildman–Crippen MR) is 42.2 cm³/mol. The highest BCUT2D eigenvalue weighted by Gasteiger charge is 2.37. The fourth-order valence-corrected chi connectivity index (χ4v) is 1.73. The van der Waals surface area contributed by atoms with E-state index < -0.39 is 0 Å². The third-order valence-electron chi connectivity index (χ3n) is 2.41. The Morgan fingerprint density at radius 2 is 2.09 bits per heavy atom. The van der Waals surface area contributed by atoms with Gasteiger partial charge in [-0.05, 0) is 12.3 Å². The van der Waals surface area contributed by atoms with Gasteiger partial charge in [0.15, 0.2) is 5.78 Å². The highest BCUT2D eigenvalue weighted by molar-refractivity contribution is 6.40. The first-order valence-electron chi connectivity index (χ1n) is 4.23. The van der Waals surface area contributed by atoms with Gasteiger partial charge in [0.2, 0.25) is 5.78 Å². The minimum Gasteiger partial charge on any atom is -0.291 e. The van der Waals surface area contributed by atoms with Crippen molar-refractivity contribution < 1.29 is 9.59 Å². The molecule has 1 fully saturated rings. The lowest BCUT2D eigenvalue weighted by Crippen LogP contribution is -2.15. The molecule has 0 aromatic carbocycles. The number of carbonyl (C=O) groups excluding carboxylic acids is 2. The molecule has 0 heterocycles. The largest absolute Gasteiger partial charge is 0.291 e. The molecule has 62 valence electrons. The van der Waals surface area contributed by atoms with E-state index in [1.54, 1.807) is 0 Å². The molecule has 2 nitrogen and oxygen atoms in total. The van der Waals surface area contributed by atoms with Gasteiger partial charge in [0, 0.05) is 12.3 Å². The second kappa shape index (κ2) is 3.16. The molecule has 0 amide bonds. The van der Waals surface area contributed by atoms with Gasteiger partial charge >= 0.3 is 0 Å². The Balaban J connectivity index is 2.64. The summed E-state index contributed by atoms with van der Waals surface area (Å²) in [6.07, 6.45) is 2.35. The van der Waals surface area contributed by atoms with E-state index >= 15 is 0 Å². The van der Waals surface area contributed by atoms with Crippen LogP contribution in [-0.4, -0.2) is 11.6 Å². The third-order valence-corrected chi connectivity index (χ3v) is 2.41. The summed E-state index contributed by atoms with van der Waals surface area (Å²) in [7, 11) is 0. The van der Waals surface area contributed by atoms with Crippen molar-refractivity contribution in [3.63, 3.8) is 0 Å². The predicted octanol–water partition coefficient (Wildman–Crippen LogP) is 1.58. The number of Topliss-reactive ketones (excluding diaryl/α,β-unsaturated/α-hetero) is 2. The van der Waals surface area contributed by atoms with Crippen molar-refractivity contribution in [2.75, 3.05) is 0 Å². The van der Waals surface area contributed by atoms with Crippen LogP contribution in [0.5, 0.6) is 0 Å². The summed E-state index contributed by atoms with van der Waals surface area (Å²) in [6, 6.07) is 0. The molecular formula is C9H14O2. The van der Waals surface area contributed by atoms with Gasteiger partial charge in [-0.25, -0.2) is 0 Å². The first-order chi connectivity index (χ1) is 5.16. The van der Waals surface area contributed by atoms with E-state index in [2.05, 4.69) is 0 Å². The zero-order valence-corrected chi connectivity index (χ0v) is 7.09. The summed E-state index contributed by atoms with van der Waals surface area (Å²) in [6.45, 7) is 4.03.